The van der Waals surface area contributed by atoms with Gasteiger partial charge in [0.05, 0.1) is 23.1 Å². The highest BCUT2D eigenvalue weighted by atomic mass is 19.1. The lowest BCUT2D eigenvalue weighted by atomic mass is 10.1. The Balaban J connectivity index is 1.28. The minimum atomic E-state index is -0.277. The molecule has 1 amide bonds. The number of hydrogen-bond acceptors (Lipinski definition) is 5. The number of amides is 1. The first-order valence-electron chi connectivity index (χ1n) is 9.73. The number of benzene rings is 2. The second kappa shape index (κ2) is 7.55. The molecule has 0 aliphatic carbocycles. The summed E-state index contributed by atoms with van der Waals surface area (Å²) in [4.78, 5) is 32.8. The first kappa shape index (κ1) is 18.2. The highest BCUT2D eigenvalue weighted by molar-refractivity contribution is 5.97. The van der Waals surface area contributed by atoms with E-state index in [0.717, 1.165) is 28.1 Å². The van der Waals surface area contributed by atoms with Crippen molar-refractivity contribution in [3.8, 4) is 11.3 Å². The molecule has 1 N–H and O–H groups in total. The summed E-state index contributed by atoms with van der Waals surface area (Å²) in [5.41, 5.74) is 3.93. The summed E-state index contributed by atoms with van der Waals surface area (Å²) in [6.45, 7) is 2.57. The van der Waals surface area contributed by atoms with Gasteiger partial charge in [-0.05, 0) is 42.5 Å². The quantitative estimate of drug-likeness (QED) is 0.570. The summed E-state index contributed by atoms with van der Waals surface area (Å²) in [6, 6.07) is 13.7. The second-order valence-electron chi connectivity index (χ2n) is 7.18. The topological polar surface area (TPSA) is 78.0 Å². The molecule has 0 unspecified atom stereocenters. The van der Waals surface area contributed by atoms with Gasteiger partial charge in [-0.3, -0.25) is 4.79 Å². The molecule has 0 atom stereocenters. The van der Waals surface area contributed by atoms with Crippen LogP contribution in [0.15, 0.2) is 61.2 Å². The van der Waals surface area contributed by atoms with Gasteiger partial charge in [0.2, 0.25) is 0 Å². The van der Waals surface area contributed by atoms with Gasteiger partial charge in [0, 0.05) is 43.4 Å². The van der Waals surface area contributed by atoms with Gasteiger partial charge in [0.15, 0.2) is 0 Å². The number of nitrogens with one attached hydrogen (secondary N) is 1. The number of piperazine rings is 1. The summed E-state index contributed by atoms with van der Waals surface area (Å²) >= 11 is 0. The Hall–Kier alpha value is -3.81. The van der Waals surface area contributed by atoms with E-state index in [1.54, 1.807) is 18.5 Å². The normalized spacial score (nSPS) is 14.3. The molecule has 4 aromatic rings. The van der Waals surface area contributed by atoms with Crippen LogP contribution in [0.1, 0.15) is 10.4 Å². The van der Waals surface area contributed by atoms with E-state index in [4.69, 9.17) is 0 Å². The highest BCUT2D eigenvalue weighted by Gasteiger charge is 2.23. The Morgan fingerprint density at radius 1 is 0.933 bits per heavy atom. The van der Waals surface area contributed by atoms with Gasteiger partial charge < -0.3 is 14.8 Å². The minimum absolute atomic E-state index is 0.0147. The van der Waals surface area contributed by atoms with Crippen molar-refractivity contribution < 1.29 is 9.18 Å². The van der Waals surface area contributed by atoms with E-state index in [1.165, 1.54) is 18.5 Å². The fraction of sp³-hybridized carbons (Fsp3) is 0.182. The number of H-pyrrole nitrogens is 1. The molecule has 0 saturated carbocycles. The van der Waals surface area contributed by atoms with E-state index in [0.29, 0.717) is 31.7 Å². The second-order valence-corrected chi connectivity index (χ2v) is 7.18. The van der Waals surface area contributed by atoms with Crippen LogP contribution in [-0.4, -0.2) is 56.9 Å². The first-order chi connectivity index (χ1) is 14.7. The molecule has 1 fully saturated rings. The Kier molecular flexibility index (Phi) is 4.59. The van der Waals surface area contributed by atoms with Crippen LogP contribution in [0, 0.1) is 5.82 Å². The highest BCUT2D eigenvalue weighted by Crippen LogP contribution is 2.22. The summed E-state index contributed by atoms with van der Waals surface area (Å²) in [5, 5.41) is 0. The van der Waals surface area contributed by atoms with Crippen molar-refractivity contribution in [3.05, 3.63) is 72.6 Å². The van der Waals surface area contributed by atoms with Crippen molar-refractivity contribution in [2.75, 3.05) is 31.1 Å². The SMILES string of the molecule is O=C(c1ccc2nc[nH]c2c1)N1CCN(c2cc(-c3ccc(F)cc3)ncn2)CC1. The molecule has 2 aromatic heterocycles. The Bertz CT molecular complexity index is 1200. The molecular weight excluding hydrogens is 383 g/mol. The van der Waals surface area contributed by atoms with Crippen molar-refractivity contribution in [3.63, 3.8) is 0 Å². The van der Waals surface area contributed by atoms with Crippen molar-refractivity contribution in [1.29, 1.82) is 0 Å². The van der Waals surface area contributed by atoms with Gasteiger partial charge in [0.1, 0.15) is 18.0 Å². The predicted octanol–water partition coefficient (Wildman–Crippen LogP) is 3.12. The molecule has 0 radical (unpaired) electrons. The monoisotopic (exact) mass is 402 g/mol. The van der Waals surface area contributed by atoms with Crippen LogP contribution >= 0.6 is 0 Å². The maximum atomic E-state index is 13.2. The zero-order valence-electron chi connectivity index (χ0n) is 16.1. The fourth-order valence-electron chi connectivity index (χ4n) is 3.69. The van der Waals surface area contributed by atoms with Crippen LogP contribution in [0.25, 0.3) is 22.3 Å². The molecule has 2 aromatic carbocycles. The molecule has 150 valence electrons. The largest absolute Gasteiger partial charge is 0.353 e. The maximum absolute atomic E-state index is 13.2. The number of anilines is 1. The molecule has 5 rings (SSSR count). The van der Waals surface area contributed by atoms with E-state index in [1.807, 2.05) is 29.2 Å². The molecule has 1 aliphatic heterocycles. The number of halogens is 1. The van der Waals surface area contributed by atoms with Crippen LogP contribution in [0.5, 0.6) is 0 Å². The summed E-state index contributed by atoms with van der Waals surface area (Å²) in [7, 11) is 0. The van der Waals surface area contributed by atoms with Gasteiger partial charge in [-0.2, -0.15) is 0 Å². The van der Waals surface area contributed by atoms with E-state index < -0.39 is 0 Å². The minimum Gasteiger partial charge on any atom is -0.353 e. The van der Waals surface area contributed by atoms with E-state index in [-0.39, 0.29) is 11.7 Å². The van der Waals surface area contributed by atoms with Crippen molar-refractivity contribution in [1.82, 2.24) is 24.8 Å². The zero-order valence-corrected chi connectivity index (χ0v) is 16.1. The van der Waals surface area contributed by atoms with Crippen LogP contribution in [0.4, 0.5) is 10.2 Å². The Morgan fingerprint density at radius 2 is 1.73 bits per heavy atom. The molecular formula is C22H19FN6O. The third-order valence-corrected chi connectivity index (χ3v) is 5.35. The average molecular weight is 402 g/mol. The number of rotatable bonds is 3. The molecule has 30 heavy (non-hydrogen) atoms. The van der Waals surface area contributed by atoms with Gasteiger partial charge in [-0.25, -0.2) is 19.3 Å². The molecule has 0 bridgehead atoms. The van der Waals surface area contributed by atoms with Crippen LogP contribution in [0.3, 0.4) is 0 Å². The van der Waals surface area contributed by atoms with E-state index >= 15 is 0 Å². The van der Waals surface area contributed by atoms with Crippen molar-refractivity contribution >= 4 is 22.8 Å². The van der Waals surface area contributed by atoms with E-state index in [9.17, 15) is 9.18 Å². The Labute approximate surface area is 172 Å². The summed E-state index contributed by atoms with van der Waals surface area (Å²) in [6.07, 6.45) is 3.14. The number of fused-ring (bicyclic) bond motifs is 1. The van der Waals surface area contributed by atoms with Crippen molar-refractivity contribution in [2.24, 2.45) is 0 Å². The Morgan fingerprint density at radius 3 is 2.53 bits per heavy atom. The number of imidazole rings is 1. The number of nitrogens with zero attached hydrogens (tertiary/aromatic N) is 5. The first-order valence-corrected chi connectivity index (χ1v) is 9.73. The van der Waals surface area contributed by atoms with Crippen LogP contribution in [-0.2, 0) is 0 Å². The van der Waals surface area contributed by atoms with Crippen molar-refractivity contribution in [2.45, 2.75) is 0 Å². The molecule has 1 aliphatic rings. The number of carbonyl (C=O) groups excluding carboxylic acids is 1. The third kappa shape index (κ3) is 3.47. The van der Waals surface area contributed by atoms with Crippen LogP contribution < -0.4 is 4.90 Å². The van der Waals surface area contributed by atoms with Gasteiger partial charge >= 0.3 is 0 Å². The molecule has 0 spiro atoms. The molecule has 1 saturated heterocycles. The van der Waals surface area contributed by atoms with Gasteiger partial charge in [0.25, 0.3) is 5.91 Å². The number of hydrogen-bond donors (Lipinski definition) is 1. The molecule has 3 heterocycles. The third-order valence-electron chi connectivity index (χ3n) is 5.35. The van der Waals surface area contributed by atoms with Gasteiger partial charge in [-0.1, -0.05) is 0 Å². The fourth-order valence-corrected chi connectivity index (χ4v) is 3.69. The smallest absolute Gasteiger partial charge is 0.254 e. The maximum Gasteiger partial charge on any atom is 0.254 e. The summed E-state index contributed by atoms with van der Waals surface area (Å²) in [5.74, 6) is 0.539. The lowest BCUT2D eigenvalue weighted by Gasteiger charge is -2.35. The average Bonchev–Trinajstić information content (AvgIpc) is 3.27. The lowest BCUT2D eigenvalue weighted by molar-refractivity contribution is 0.0746. The molecule has 7 nitrogen and oxygen atoms in total. The number of aromatic amines is 1. The van der Waals surface area contributed by atoms with Gasteiger partial charge in [-0.15, -0.1) is 0 Å². The lowest BCUT2D eigenvalue weighted by Crippen LogP contribution is -2.49. The molecule has 8 heteroatoms. The van der Waals surface area contributed by atoms with E-state index in [2.05, 4.69) is 24.8 Å². The standard InChI is InChI=1S/C22H19FN6O/c23-17-4-1-15(2-5-17)19-12-21(27-14-25-19)28-7-9-29(10-8-28)22(30)16-3-6-18-20(11-16)26-13-24-18/h1-6,11-14H,7-10H2,(H,24,26). The predicted molar refractivity (Wildman–Crippen MR) is 112 cm³/mol. The van der Waals surface area contributed by atoms with Crippen LogP contribution in [0.2, 0.25) is 0 Å². The zero-order chi connectivity index (χ0) is 20.5. The number of aromatic nitrogens is 4. The number of carbonyl (C=O) groups is 1. The summed E-state index contributed by atoms with van der Waals surface area (Å²) < 4.78 is 13.2.